The van der Waals surface area contributed by atoms with Gasteiger partial charge in [-0.3, -0.25) is 0 Å². The molecule has 0 fully saturated rings. The predicted molar refractivity (Wildman–Crippen MR) is 75.9 cm³/mol. The molecule has 0 saturated carbocycles. The topological polar surface area (TPSA) is 41.5 Å². The Bertz CT molecular complexity index is 620. The van der Waals surface area contributed by atoms with Crippen molar-refractivity contribution in [3.8, 4) is 5.75 Å². The number of nitrogens with one attached hydrogen (secondary N) is 1. The van der Waals surface area contributed by atoms with E-state index in [1.54, 1.807) is 30.3 Å². The molecule has 2 N–H and O–H groups in total. The predicted octanol–water partition coefficient (Wildman–Crippen LogP) is 3.21. The molecule has 0 aliphatic carbocycles. The van der Waals surface area contributed by atoms with E-state index in [2.05, 4.69) is 10.1 Å². The van der Waals surface area contributed by atoms with Crippen molar-refractivity contribution in [3.63, 3.8) is 0 Å². The third kappa shape index (κ3) is 4.47. The van der Waals surface area contributed by atoms with Crippen LogP contribution in [0, 0.1) is 5.82 Å². The lowest BCUT2D eigenvalue weighted by Gasteiger charge is -2.11. The minimum Gasteiger partial charge on any atom is -0.434 e. The van der Waals surface area contributed by atoms with Gasteiger partial charge in [-0.05, 0) is 23.8 Å². The molecule has 0 atom stereocenters. The van der Waals surface area contributed by atoms with E-state index < -0.39 is 12.4 Å². The van der Waals surface area contributed by atoms with Crippen LogP contribution >= 0.6 is 0 Å². The highest BCUT2D eigenvalue weighted by Gasteiger charge is 2.09. The van der Waals surface area contributed by atoms with Crippen LogP contribution in [0.4, 0.5) is 13.2 Å². The number of alkyl halides is 2. The van der Waals surface area contributed by atoms with Crippen LogP contribution in [-0.4, -0.2) is 11.7 Å². The number of aliphatic hydroxyl groups excluding tert-OH is 1. The highest BCUT2D eigenvalue weighted by Crippen LogP contribution is 2.20. The Hall–Kier alpha value is -2.05. The monoisotopic (exact) mass is 311 g/mol. The Balaban J connectivity index is 1.96. The smallest absolute Gasteiger partial charge is 0.387 e. The van der Waals surface area contributed by atoms with Gasteiger partial charge in [0.2, 0.25) is 0 Å². The average molecular weight is 311 g/mol. The molecule has 0 radical (unpaired) electrons. The molecule has 0 aliphatic rings. The SMILES string of the molecule is OCc1cc(CNCc2ccccc2OC(F)F)ccc1F. The van der Waals surface area contributed by atoms with Gasteiger partial charge in [0.05, 0.1) is 6.61 Å². The second kappa shape index (κ2) is 7.82. The lowest BCUT2D eigenvalue weighted by molar-refractivity contribution is -0.0505. The molecule has 0 aromatic heterocycles. The maximum Gasteiger partial charge on any atom is 0.387 e. The molecule has 0 bridgehead atoms. The van der Waals surface area contributed by atoms with Gasteiger partial charge in [0.1, 0.15) is 11.6 Å². The Morgan fingerprint density at radius 2 is 1.82 bits per heavy atom. The first-order valence-corrected chi connectivity index (χ1v) is 6.71. The maximum atomic E-state index is 13.3. The number of benzene rings is 2. The summed E-state index contributed by atoms with van der Waals surface area (Å²) in [6, 6.07) is 11.0. The van der Waals surface area contributed by atoms with Crippen LogP contribution in [0.25, 0.3) is 0 Å². The normalized spacial score (nSPS) is 11.0. The van der Waals surface area contributed by atoms with Crippen molar-refractivity contribution in [1.29, 1.82) is 0 Å². The van der Waals surface area contributed by atoms with Crippen LogP contribution in [0.15, 0.2) is 42.5 Å². The van der Waals surface area contributed by atoms with E-state index in [1.165, 1.54) is 12.1 Å². The van der Waals surface area contributed by atoms with Crippen molar-refractivity contribution < 1.29 is 23.0 Å². The molecule has 0 amide bonds. The van der Waals surface area contributed by atoms with E-state index >= 15 is 0 Å². The van der Waals surface area contributed by atoms with Gasteiger partial charge in [-0.25, -0.2) is 4.39 Å². The summed E-state index contributed by atoms with van der Waals surface area (Å²) in [5.74, 6) is -0.331. The number of halogens is 3. The van der Waals surface area contributed by atoms with Crippen LogP contribution < -0.4 is 10.1 Å². The third-order valence-electron chi connectivity index (χ3n) is 3.11. The summed E-state index contributed by atoms with van der Waals surface area (Å²) in [7, 11) is 0. The van der Waals surface area contributed by atoms with Crippen molar-refractivity contribution in [3.05, 3.63) is 65.0 Å². The summed E-state index contributed by atoms with van der Waals surface area (Å²) >= 11 is 0. The number of hydrogen-bond donors (Lipinski definition) is 2. The number of ether oxygens (including phenoxy) is 1. The number of hydrogen-bond acceptors (Lipinski definition) is 3. The molecular weight excluding hydrogens is 295 g/mol. The minimum absolute atomic E-state index is 0.125. The van der Waals surface area contributed by atoms with Crippen LogP contribution in [-0.2, 0) is 19.7 Å². The van der Waals surface area contributed by atoms with Gasteiger partial charge in [0.15, 0.2) is 0 Å². The summed E-state index contributed by atoms with van der Waals surface area (Å²) in [6.45, 7) is -2.50. The van der Waals surface area contributed by atoms with Crippen LogP contribution in [0.1, 0.15) is 16.7 Å². The van der Waals surface area contributed by atoms with Crippen molar-refractivity contribution >= 4 is 0 Å². The van der Waals surface area contributed by atoms with Gasteiger partial charge < -0.3 is 15.2 Å². The summed E-state index contributed by atoms with van der Waals surface area (Å²) < 4.78 is 42.3. The molecule has 118 valence electrons. The Morgan fingerprint density at radius 1 is 1.05 bits per heavy atom. The van der Waals surface area contributed by atoms with Crippen molar-refractivity contribution in [2.45, 2.75) is 26.3 Å². The minimum atomic E-state index is -2.87. The molecule has 22 heavy (non-hydrogen) atoms. The number of para-hydroxylation sites is 1. The van der Waals surface area contributed by atoms with Crippen LogP contribution in [0.3, 0.4) is 0 Å². The third-order valence-corrected chi connectivity index (χ3v) is 3.11. The summed E-state index contributed by atoms with van der Waals surface area (Å²) in [5, 5.41) is 12.1. The zero-order valence-corrected chi connectivity index (χ0v) is 11.7. The molecule has 0 aliphatic heterocycles. The van der Waals surface area contributed by atoms with Gasteiger partial charge in [-0.1, -0.05) is 24.3 Å². The number of aliphatic hydroxyl groups is 1. The van der Waals surface area contributed by atoms with Gasteiger partial charge in [0, 0.05) is 24.2 Å². The highest BCUT2D eigenvalue weighted by molar-refractivity contribution is 5.33. The van der Waals surface area contributed by atoms with E-state index in [4.69, 9.17) is 5.11 Å². The molecule has 2 aromatic carbocycles. The van der Waals surface area contributed by atoms with E-state index in [0.717, 1.165) is 5.56 Å². The second-order valence-electron chi connectivity index (χ2n) is 4.67. The van der Waals surface area contributed by atoms with Crippen molar-refractivity contribution in [1.82, 2.24) is 5.32 Å². The van der Waals surface area contributed by atoms with Gasteiger partial charge >= 0.3 is 6.61 Å². The quantitative estimate of drug-likeness (QED) is 0.825. The van der Waals surface area contributed by atoms with Crippen LogP contribution in [0.2, 0.25) is 0 Å². The fourth-order valence-corrected chi connectivity index (χ4v) is 2.06. The first-order chi connectivity index (χ1) is 10.6. The number of rotatable bonds is 7. The van der Waals surface area contributed by atoms with E-state index in [-0.39, 0.29) is 17.9 Å². The van der Waals surface area contributed by atoms with Gasteiger partial charge in [-0.2, -0.15) is 8.78 Å². The van der Waals surface area contributed by atoms with E-state index in [1.807, 2.05) is 0 Å². The maximum absolute atomic E-state index is 13.3. The first kappa shape index (κ1) is 16.3. The average Bonchev–Trinajstić information content (AvgIpc) is 2.50. The van der Waals surface area contributed by atoms with Gasteiger partial charge in [-0.15, -0.1) is 0 Å². The van der Waals surface area contributed by atoms with E-state index in [9.17, 15) is 13.2 Å². The lowest BCUT2D eigenvalue weighted by Crippen LogP contribution is -2.14. The molecular formula is C16H16F3NO2. The van der Waals surface area contributed by atoms with Crippen LogP contribution in [0.5, 0.6) is 5.75 Å². The Labute approximate surface area is 126 Å². The largest absolute Gasteiger partial charge is 0.434 e. The Morgan fingerprint density at radius 3 is 2.55 bits per heavy atom. The lowest BCUT2D eigenvalue weighted by atomic mass is 10.1. The van der Waals surface area contributed by atoms with Gasteiger partial charge in [0.25, 0.3) is 0 Å². The molecule has 0 saturated heterocycles. The Kier molecular flexibility index (Phi) is 5.80. The summed E-state index contributed by atoms with van der Waals surface area (Å²) in [6.07, 6.45) is 0. The molecule has 0 spiro atoms. The second-order valence-corrected chi connectivity index (χ2v) is 4.67. The molecule has 0 unspecified atom stereocenters. The zero-order chi connectivity index (χ0) is 15.9. The molecule has 3 nitrogen and oxygen atoms in total. The fourth-order valence-electron chi connectivity index (χ4n) is 2.06. The van der Waals surface area contributed by atoms with Crippen molar-refractivity contribution in [2.75, 3.05) is 0 Å². The zero-order valence-electron chi connectivity index (χ0n) is 11.7. The first-order valence-electron chi connectivity index (χ1n) is 6.71. The van der Waals surface area contributed by atoms with E-state index in [0.29, 0.717) is 18.7 Å². The molecule has 6 heteroatoms. The van der Waals surface area contributed by atoms with Crippen molar-refractivity contribution in [2.24, 2.45) is 0 Å². The standard InChI is InChI=1S/C16H16F3NO2/c17-14-6-5-11(7-13(14)10-21)8-20-9-12-3-1-2-4-15(12)22-16(18)19/h1-7,16,20-21H,8-10H2. The summed E-state index contributed by atoms with van der Waals surface area (Å²) in [4.78, 5) is 0. The molecule has 0 heterocycles. The molecule has 2 rings (SSSR count). The molecule has 2 aromatic rings. The highest BCUT2D eigenvalue weighted by atomic mass is 19.3. The fraction of sp³-hybridized carbons (Fsp3) is 0.250. The summed E-state index contributed by atoms with van der Waals surface area (Å²) in [5.41, 5.74) is 1.62.